The number of halogens is 11. The minimum Gasteiger partial charge on any atom is -0.360 e. The second kappa shape index (κ2) is 41.6. The molecule has 3 atom stereocenters. The van der Waals surface area contributed by atoms with Crippen molar-refractivity contribution in [3.63, 3.8) is 0 Å². The van der Waals surface area contributed by atoms with Gasteiger partial charge in [-0.05, 0) is 280 Å². The number of nitrogens with zero attached hydrogens (tertiary/aromatic N) is 6. The molecule has 9 aromatic carbocycles. The minimum atomic E-state index is -4.71. The number of anilines is 3. The quantitative estimate of drug-likeness (QED) is 0.0548. The summed E-state index contributed by atoms with van der Waals surface area (Å²) in [5.41, 5.74) is 8.91. The van der Waals surface area contributed by atoms with Gasteiger partial charge in [-0.15, -0.1) is 0 Å². The number of carbonyl (C=O) groups excluding carboxylic acids is 3. The van der Waals surface area contributed by atoms with E-state index in [0.717, 1.165) is 138 Å². The Morgan fingerprint density at radius 1 is 0.429 bits per heavy atom. The minimum absolute atomic E-state index is 0.0662. The van der Waals surface area contributed by atoms with Gasteiger partial charge in [0.25, 0.3) is 0 Å². The zero-order valence-corrected chi connectivity index (χ0v) is 73.1. The summed E-state index contributed by atoms with van der Waals surface area (Å²) in [5.74, 6) is -0.667. The van der Waals surface area contributed by atoms with E-state index in [1.54, 1.807) is 48.5 Å². The molecule has 658 valence electrons. The molecule has 7 fully saturated rings. The van der Waals surface area contributed by atoms with Crippen molar-refractivity contribution >= 4 is 81.2 Å². The van der Waals surface area contributed by atoms with E-state index in [-0.39, 0.29) is 61.4 Å². The predicted molar refractivity (Wildman–Crippen MR) is 481 cm³/mol. The average molecular weight is 1800 g/mol. The molecule has 3 aliphatic heterocycles. The van der Waals surface area contributed by atoms with Crippen LogP contribution in [-0.2, 0) is 46.7 Å². The lowest BCUT2D eigenvalue weighted by Crippen LogP contribution is -2.50. The van der Waals surface area contributed by atoms with Crippen LogP contribution in [-0.4, -0.2) is 110 Å². The fraction of sp³-hybridized carbons (Fsp3) is 0.406. The number of nitriles is 3. The highest BCUT2D eigenvalue weighted by Crippen LogP contribution is 2.48. The molecule has 0 bridgehead atoms. The molecule has 3 unspecified atom stereocenters. The fourth-order valence-electron chi connectivity index (χ4n) is 19.7. The van der Waals surface area contributed by atoms with Gasteiger partial charge in [0.15, 0.2) is 0 Å². The van der Waals surface area contributed by atoms with Crippen LogP contribution in [0, 0.1) is 63.5 Å². The molecule has 126 heavy (non-hydrogen) atoms. The number of benzene rings is 9. The van der Waals surface area contributed by atoms with Crippen molar-refractivity contribution < 1.29 is 54.6 Å². The van der Waals surface area contributed by atoms with Crippen molar-refractivity contribution in [1.82, 2.24) is 14.7 Å². The third-order valence-electron chi connectivity index (χ3n) is 26.8. The number of piperidine rings is 3. The first kappa shape index (κ1) is 92.5. The van der Waals surface area contributed by atoms with Gasteiger partial charge in [-0.25, -0.2) is 4.39 Å². The summed E-state index contributed by atoms with van der Waals surface area (Å²) in [4.78, 5) is 46.3. The van der Waals surface area contributed by atoms with Gasteiger partial charge >= 0.3 is 12.4 Å². The summed E-state index contributed by atoms with van der Waals surface area (Å²) in [6.45, 7) is 5.89. The summed E-state index contributed by atoms with van der Waals surface area (Å²) in [7, 11) is 0. The van der Waals surface area contributed by atoms with Crippen molar-refractivity contribution in [2.45, 2.75) is 176 Å². The summed E-state index contributed by atoms with van der Waals surface area (Å²) < 4.78 is 106. The van der Waals surface area contributed by atoms with Crippen LogP contribution < -0.4 is 16.0 Å². The van der Waals surface area contributed by atoms with E-state index in [1.807, 2.05) is 97.1 Å². The number of amides is 3. The van der Waals surface area contributed by atoms with Gasteiger partial charge in [-0.2, -0.15) is 42.1 Å². The van der Waals surface area contributed by atoms with Crippen molar-refractivity contribution in [2.75, 3.05) is 75.0 Å². The molecule has 16 rings (SSSR count). The van der Waals surface area contributed by atoms with E-state index in [4.69, 9.17) is 55.9 Å². The van der Waals surface area contributed by atoms with Crippen LogP contribution in [0.25, 0.3) is 33.4 Å². The van der Waals surface area contributed by atoms with Crippen LogP contribution in [0.5, 0.6) is 0 Å². The molecule has 9 aromatic rings. The first-order chi connectivity index (χ1) is 60.6. The highest BCUT2D eigenvalue weighted by molar-refractivity contribution is 6.35. The molecule has 3 saturated heterocycles. The molecule has 4 aliphatic carbocycles. The maximum Gasteiger partial charge on any atom is 0.416 e. The molecule has 7 aliphatic rings. The largest absolute Gasteiger partial charge is 0.416 e. The Balaban J connectivity index is 0.000000153. The third-order valence-corrected chi connectivity index (χ3v) is 27.7. The Morgan fingerprint density at radius 3 is 1.27 bits per heavy atom. The van der Waals surface area contributed by atoms with Crippen LogP contribution in [0.1, 0.15) is 174 Å². The Hall–Kier alpha value is -9.67. The lowest BCUT2D eigenvalue weighted by atomic mass is 9.69. The summed E-state index contributed by atoms with van der Waals surface area (Å²) in [5, 5.41) is 37.7. The normalized spacial score (nSPS) is 20.6. The van der Waals surface area contributed by atoms with Crippen molar-refractivity contribution in [2.24, 2.45) is 23.7 Å². The zero-order valence-electron chi connectivity index (χ0n) is 70.1. The van der Waals surface area contributed by atoms with Crippen molar-refractivity contribution in [3.8, 4) is 51.6 Å². The molecule has 0 radical (unpaired) electrons. The lowest BCUT2D eigenvalue weighted by molar-refractivity contribution is -0.185. The fourth-order valence-corrected chi connectivity index (χ4v) is 20.8. The van der Waals surface area contributed by atoms with E-state index in [2.05, 4.69) is 85.3 Å². The molecular weight excluding hydrogens is 1690 g/mol. The number of fused-ring (bicyclic) bond motifs is 1. The van der Waals surface area contributed by atoms with Gasteiger partial charge in [0.2, 0.25) is 17.7 Å². The molecule has 14 nitrogen and oxygen atoms in total. The molecule has 3 heterocycles. The molecule has 4 saturated carbocycles. The van der Waals surface area contributed by atoms with E-state index in [1.165, 1.54) is 57.8 Å². The SMILES string of the molecule is N#Cc1cccc(-c2ccc(C3(CCC(=O)Nc4cc(F)cc(C(F)(F)F)c4)CCN(CC4CC4)CC3)cc2)c1.N#Cc1cccc(-c2ccc(C3(OCC(=O)Nc4cc(Cl)cc(Cl)c4)CCN(C4CCC(C(F)(F)F)CC4)CC3)cc2)c1.N#Cc1cccc(-c2ccc(C3(OCC(=O)Nc4cc(Cl)cc(Cl)c4)CCN(C4CCC5CCCCC5C4)CC3)cc2)c1. The molecule has 3 N–H and O–H groups in total. The maximum absolute atomic E-state index is 13.8. The number of ether oxygens (including phenoxy) is 2. The number of rotatable bonds is 22. The van der Waals surface area contributed by atoms with E-state index in [0.29, 0.717) is 105 Å². The molecule has 3 amide bonds. The summed E-state index contributed by atoms with van der Waals surface area (Å²) in [6, 6.07) is 66.3. The van der Waals surface area contributed by atoms with Gasteiger partial charge in [-0.3, -0.25) is 14.4 Å². The second-order valence-electron chi connectivity index (χ2n) is 35.0. The molecule has 25 heteroatoms. The Bertz CT molecular complexity index is 5370. The van der Waals surface area contributed by atoms with Crippen LogP contribution in [0.3, 0.4) is 0 Å². The van der Waals surface area contributed by atoms with Crippen LogP contribution in [0.2, 0.25) is 20.1 Å². The van der Waals surface area contributed by atoms with E-state index >= 15 is 0 Å². The van der Waals surface area contributed by atoms with E-state index < -0.39 is 46.8 Å². The van der Waals surface area contributed by atoms with Gasteiger partial charge in [-0.1, -0.05) is 181 Å². The number of hydrogen-bond acceptors (Lipinski definition) is 11. The maximum atomic E-state index is 13.8. The highest BCUT2D eigenvalue weighted by Gasteiger charge is 2.47. The van der Waals surface area contributed by atoms with Crippen molar-refractivity contribution in [3.05, 3.63) is 265 Å². The molecule has 0 spiro atoms. The zero-order chi connectivity index (χ0) is 88.8. The third kappa shape index (κ3) is 24.4. The smallest absolute Gasteiger partial charge is 0.360 e. The summed E-state index contributed by atoms with van der Waals surface area (Å²) >= 11 is 24.4. The Kier molecular flexibility index (Phi) is 30.6. The summed E-state index contributed by atoms with van der Waals surface area (Å²) in [6.07, 6.45) is 9.96. The van der Waals surface area contributed by atoms with Gasteiger partial charge in [0.1, 0.15) is 19.0 Å². The van der Waals surface area contributed by atoms with Crippen LogP contribution in [0.15, 0.2) is 200 Å². The molecular formula is C101H102Cl4F7N9O5. The van der Waals surface area contributed by atoms with Gasteiger partial charge in [0.05, 0.1) is 57.6 Å². The van der Waals surface area contributed by atoms with Crippen LogP contribution in [0.4, 0.5) is 47.8 Å². The van der Waals surface area contributed by atoms with Crippen molar-refractivity contribution in [1.29, 1.82) is 15.8 Å². The first-order valence-electron chi connectivity index (χ1n) is 43.7. The first-order valence-corrected chi connectivity index (χ1v) is 45.2. The average Bonchev–Trinajstić information content (AvgIpc) is 0.863. The Morgan fingerprint density at radius 2 is 0.841 bits per heavy atom. The number of nitrogens with one attached hydrogen (secondary N) is 3. The van der Waals surface area contributed by atoms with E-state index in [9.17, 15) is 60.9 Å². The highest BCUT2D eigenvalue weighted by atomic mass is 35.5. The lowest BCUT2D eigenvalue weighted by Gasteiger charge is -2.48. The topological polar surface area (TPSA) is 187 Å². The standard InChI is InChI=1S/C36H39Cl2N3O2.C33H32Cl2F3N3O2.C32H31F4N3O/c37-31-20-32(38)22-33(21-31)40-35(42)24-43-36(30-11-8-27(9-12-30)28-7-3-4-25(18-28)23-39)14-16-41(17-15-36)34-13-10-26-5-1-2-6-29(26)19-34;34-27-17-28(35)19-29(18-27)40-31(42)21-43-32(25-6-4-23(5-7-25)24-3-1-2-22(16-24)20-39)12-14-41(15-13-32)30-10-8-26(9-11-30)33(36,37)38;33-28-17-27(32(34,35)36)18-29(19-28)38-30(40)10-11-31(12-14-39(15-13-31)21-22-4-5-22)26-8-6-24(7-9-26)25-3-1-2-23(16-25)20-37/h3-4,7-9,11-12,18,20-22,26,29,34H,1-2,5-6,10,13-17,19,24H2,(H,40,42);1-7,16-19,26,30H,8-15,21H2,(H,40,42);1-3,6-9,16-19,22H,4-5,10-15,21H2,(H,38,40). The monoisotopic (exact) mass is 1790 g/mol. The number of hydrogen-bond donors (Lipinski definition) is 3. The van der Waals surface area contributed by atoms with Gasteiger partial charge < -0.3 is 40.1 Å². The number of alkyl halides is 6. The predicted octanol–water partition coefficient (Wildman–Crippen LogP) is 25.0. The number of likely N-dealkylation sites (tertiary alicyclic amines) is 3. The Labute approximate surface area is 752 Å². The van der Waals surface area contributed by atoms with Crippen LogP contribution >= 0.6 is 46.4 Å². The second-order valence-corrected chi connectivity index (χ2v) is 36.7. The number of carbonyl (C=O) groups is 3. The van der Waals surface area contributed by atoms with Gasteiger partial charge in [0, 0.05) is 88.4 Å². The molecule has 0 aromatic heterocycles.